The molecule has 0 fully saturated rings. The Morgan fingerprint density at radius 1 is 1.35 bits per heavy atom. The van der Waals surface area contributed by atoms with Crippen LogP contribution in [0.4, 0.5) is 0 Å². The minimum absolute atomic E-state index is 0.0770. The largest absolute Gasteiger partial charge is 0.480 e. The summed E-state index contributed by atoms with van der Waals surface area (Å²) in [5.41, 5.74) is 10.7. The second kappa shape index (κ2) is 7.15. The lowest BCUT2D eigenvalue weighted by Gasteiger charge is -2.07. The molecule has 124 valence electrons. The Morgan fingerprint density at radius 2 is 2.09 bits per heavy atom. The number of nitrogens with two attached hydrogens (primary N) is 1. The molecule has 0 unspecified atom stereocenters. The lowest BCUT2D eigenvalue weighted by Crippen LogP contribution is -2.42. The van der Waals surface area contributed by atoms with Crippen molar-refractivity contribution in [2.75, 3.05) is 6.54 Å². The van der Waals surface area contributed by atoms with Crippen LogP contribution < -0.4 is 11.1 Å². The van der Waals surface area contributed by atoms with Crippen LogP contribution in [0, 0.1) is 13.8 Å². The van der Waals surface area contributed by atoms with Crippen molar-refractivity contribution in [3.05, 3.63) is 46.5 Å². The first-order valence-electron chi connectivity index (χ1n) is 7.41. The number of aromatic nitrogens is 2. The smallest absolute Gasteiger partial charge is 0.322 e. The quantitative estimate of drug-likeness (QED) is 0.513. The average molecular weight is 318 g/mol. The number of hydrogen-bond acceptors (Lipinski definition) is 3. The van der Waals surface area contributed by atoms with Crippen LogP contribution in [0.1, 0.15) is 28.2 Å². The number of carboxylic acids is 1. The SMILES string of the molecule is Cc1cc(C)c(Cc2cc(CC(=O)NC[C@H](N)C(=O)O)c[nH]2)[nH]1. The maximum absolute atomic E-state index is 11.8. The van der Waals surface area contributed by atoms with Crippen molar-refractivity contribution in [3.63, 3.8) is 0 Å². The molecule has 2 rings (SSSR count). The van der Waals surface area contributed by atoms with Crippen LogP contribution in [0.3, 0.4) is 0 Å². The molecule has 0 spiro atoms. The topological polar surface area (TPSA) is 124 Å². The van der Waals surface area contributed by atoms with E-state index in [1.165, 1.54) is 5.56 Å². The van der Waals surface area contributed by atoms with Crippen molar-refractivity contribution in [2.45, 2.75) is 32.7 Å². The molecular formula is C16H22N4O3. The Labute approximate surface area is 134 Å². The van der Waals surface area contributed by atoms with Gasteiger partial charge in [0.15, 0.2) is 0 Å². The van der Waals surface area contributed by atoms with E-state index in [-0.39, 0.29) is 18.9 Å². The zero-order chi connectivity index (χ0) is 17.0. The monoisotopic (exact) mass is 318 g/mol. The Hall–Kier alpha value is -2.54. The molecule has 0 aliphatic rings. The lowest BCUT2D eigenvalue weighted by atomic mass is 10.1. The molecule has 0 saturated heterocycles. The summed E-state index contributed by atoms with van der Waals surface area (Å²) < 4.78 is 0. The normalized spacial score (nSPS) is 12.1. The van der Waals surface area contributed by atoms with E-state index in [0.717, 1.165) is 29.1 Å². The number of rotatable bonds is 7. The number of H-pyrrole nitrogens is 2. The summed E-state index contributed by atoms with van der Waals surface area (Å²) in [5.74, 6) is -1.38. The summed E-state index contributed by atoms with van der Waals surface area (Å²) in [5, 5.41) is 11.2. The fourth-order valence-electron chi connectivity index (χ4n) is 2.41. The molecule has 2 aromatic rings. The standard InChI is InChI=1S/C16H22N4O3/c1-9-3-10(2)20-14(9)6-12-4-11(7-18-12)5-15(21)19-8-13(17)16(22)23/h3-4,7,13,18,20H,5-6,8,17H2,1-2H3,(H,19,21)(H,22,23)/t13-/m0/s1. The molecule has 2 heterocycles. The predicted octanol–water partition coefficient (Wildman–Crippen LogP) is 0.621. The number of aromatic amines is 2. The highest BCUT2D eigenvalue weighted by Crippen LogP contribution is 2.14. The third-order valence-corrected chi connectivity index (χ3v) is 3.63. The van der Waals surface area contributed by atoms with Gasteiger partial charge < -0.3 is 26.1 Å². The molecule has 0 radical (unpaired) electrons. The van der Waals surface area contributed by atoms with Gasteiger partial charge in [0.05, 0.1) is 6.42 Å². The van der Waals surface area contributed by atoms with Crippen LogP contribution in [-0.2, 0) is 22.4 Å². The van der Waals surface area contributed by atoms with Crippen molar-refractivity contribution in [2.24, 2.45) is 5.73 Å². The third-order valence-electron chi connectivity index (χ3n) is 3.63. The van der Waals surface area contributed by atoms with Gasteiger partial charge in [-0.25, -0.2) is 0 Å². The Morgan fingerprint density at radius 3 is 2.70 bits per heavy atom. The molecule has 0 aromatic carbocycles. The highest BCUT2D eigenvalue weighted by molar-refractivity contribution is 5.80. The van der Waals surface area contributed by atoms with Crippen LogP contribution in [0.25, 0.3) is 0 Å². The first kappa shape index (κ1) is 16.8. The summed E-state index contributed by atoms with van der Waals surface area (Å²) in [7, 11) is 0. The molecule has 7 nitrogen and oxygen atoms in total. The highest BCUT2D eigenvalue weighted by atomic mass is 16.4. The zero-order valence-electron chi connectivity index (χ0n) is 13.3. The van der Waals surface area contributed by atoms with E-state index in [0.29, 0.717) is 0 Å². The first-order valence-corrected chi connectivity index (χ1v) is 7.41. The van der Waals surface area contributed by atoms with Crippen LogP contribution in [0.2, 0.25) is 0 Å². The Bertz CT molecular complexity index is 702. The van der Waals surface area contributed by atoms with Crippen molar-refractivity contribution in [1.82, 2.24) is 15.3 Å². The predicted molar refractivity (Wildman–Crippen MR) is 86.2 cm³/mol. The minimum Gasteiger partial charge on any atom is -0.480 e. The molecule has 0 aliphatic heterocycles. The number of aryl methyl sites for hydroxylation is 2. The number of hydrogen-bond donors (Lipinski definition) is 5. The van der Waals surface area contributed by atoms with Crippen molar-refractivity contribution in [1.29, 1.82) is 0 Å². The molecule has 7 heteroatoms. The van der Waals surface area contributed by atoms with Crippen molar-refractivity contribution < 1.29 is 14.7 Å². The third kappa shape index (κ3) is 4.72. The van der Waals surface area contributed by atoms with Gasteiger partial charge in [-0.3, -0.25) is 9.59 Å². The Balaban J connectivity index is 1.88. The average Bonchev–Trinajstić information content (AvgIpc) is 3.03. The van der Waals surface area contributed by atoms with E-state index in [1.54, 1.807) is 6.20 Å². The highest BCUT2D eigenvalue weighted by Gasteiger charge is 2.13. The first-order chi connectivity index (χ1) is 10.8. The maximum atomic E-state index is 11.8. The summed E-state index contributed by atoms with van der Waals surface area (Å²) in [6.07, 6.45) is 2.72. The maximum Gasteiger partial charge on any atom is 0.322 e. The van der Waals surface area contributed by atoms with E-state index in [9.17, 15) is 9.59 Å². The van der Waals surface area contributed by atoms with Gasteiger partial charge in [0.25, 0.3) is 0 Å². The zero-order valence-corrected chi connectivity index (χ0v) is 13.3. The summed E-state index contributed by atoms with van der Waals surface area (Å²) in [4.78, 5) is 28.9. The van der Waals surface area contributed by atoms with Gasteiger partial charge in [-0.05, 0) is 37.1 Å². The van der Waals surface area contributed by atoms with Gasteiger partial charge >= 0.3 is 5.97 Å². The molecule has 2 aromatic heterocycles. The molecule has 1 atom stereocenters. The molecule has 1 amide bonds. The van der Waals surface area contributed by atoms with E-state index < -0.39 is 12.0 Å². The van der Waals surface area contributed by atoms with Gasteiger partial charge in [0.2, 0.25) is 5.91 Å². The molecule has 0 bridgehead atoms. The number of amides is 1. The minimum atomic E-state index is -1.13. The second-order valence-electron chi connectivity index (χ2n) is 5.75. The van der Waals surface area contributed by atoms with Gasteiger partial charge in [-0.1, -0.05) is 0 Å². The van der Waals surface area contributed by atoms with Gasteiger partial charge in [-0.2, -0.15) is 0 Å². The van der Waals surface area contributed by atoms with Crippen LogP contribution >= 0.6 is 0 Å². The van der Waals surface area contributed by atoms with Crippen LogP contribution in [0.15, 0.2) is 18.3 Å². The summed E-state index contributed by atoms with van der Waals surface area (Å²) in [6, 6.07) is 2.95. The van der Waals surface area contributed by atoms with Crippen LogP contribution in [0.5, 0.6) is 0 Å². The number of carbonyl (C=O) groups is 2. The molecule has 23 heavy (non-hydrogen) atoms. The Kier molecular flexibility index (Phi) is 5.23. The van der Waals surface area contributed by atoms with E-state index in [2.05, 4.69) is 28.3 Å². The van der Waals surface area contributed by atoms with Crippen molar-refractivity contribution >= 4 is 11.9 Å². The number of carbonyl (C=O) groups excluding carboxylic acids is 1. The molecule has 0 saturated carbocycles. The van der Waals surface area contributed by atoms with Gasteiger partial charge in [0.1, 0.15) is 6.04 Å². The second-order valence-corrected chi connectivity index (χ2v) is 5.75. The summed E-state index contributed by atoms with van der Waals surface area (Å²) in [6.45, 7) is 4.00. The number of carboxylic acid groups (broad SMARTS) is 1. The molecule has 6 N–H and O–H groups in total. The van der Waals surface area contributed by atoms with Gasteiger partial charge in [-0.15, -0.1) is 0 Å². The fourth-order valence-corrected chi connectivity index (χ4v) is 2.41. The molecular weight excluding hydrogens is 296 g/mol. The lowest BCUT2D eigenvalue weighted by molar-refractivity contribution is -0.138. The van der Waals surface area contributed by atoms with Crippen LogP contribution in [-0.4, -0.2) is 39.5 Å². The van der Waals surface area contributed by atoms with E-state index in [4.69, 9.17) is 10.8 Å². The van der Waals surface area contributed by atoms with E-state index in [1.807, 2.05) is 13.0 Å². The van der Waals surface area contributed by atoms with E-state index >= 15 is 0 Å². The number of aliphatic carboxylic acids is 1. The summed E-state index contributed by atoms with van der Waals surface area (Å²) >= 11 is 0. The number of nitrogens with one attached hydrogen (secondary N) is 3. The fraction of sp³-hybridized carbons (Fsp3) is 0.375. The molecule has 0 aliphatic carbocycles. The van der Waals surface area contributed by atoms with Gasteiger partial charge in [0, 0.05) is 36.2 Å². The van der Waals surface area contributed by atoms with Crippen molar-refractivity contribution in [3.8, 4) is 0 Å².